The molecule has 0 heterocycles. The Labute approximate surface area is 164 Å². The van der Waals surface area contributed by atoms with Gasteiger partial charge in [-0.05, 0) is 47.9 Å². The molecule has 0 aliphatic carbocycles. The Morgan fingerprint density at radius 2 is 1.64 bits per heavy atom. The molecule has 0 aliphatic heterocycles. The molecule has 0 spiro atoms. The minimum Gasteiger partial charge on any atom is -0.497 e. The van der Waals surface area contributed by atoms with E-state index in [0.717, 1.165) is 5.56 Å². The zero-order valence-corrected chi connectivity index (χ0v) is 16.4. The van der Waals surface area contributed by atoms with Gasteiger partial charge < -0.3 is 14.8 Å². The predicted octanol–water partition coefficient (Wildman–Crippen LogP) is 3.06. The summed E-state index contributed by atoms with van der Waals surface area (Å²) in [5, 5.41) is 6.71. The van der Waals surface area contributed by atoms with Crippen LogP contribution in [-0.2, 0) is 9.59 Å². The van der Waals surface area contributed by atoms with Crippen LogP contribution in [0.4, 0.5) is 5.69 Å². The summed E-state index contributed by atoms with van der Waals surface area (Å²) >= 11 is 0. The third-order valence-electron chi connectivity index (χ3n) is 4.07. The van der Waals surface area contributed by atoms with Crippen LogP contribution in [-0.4, -0.2) is 32.2 Å². The van der Waals surface area contributed by atoms with Crippen molar-refractivity contribution in [2.45, 2.75) is 13.8 Å². The number of nitrogens with one attached hydrogen (secondary N) is 2. The SMILES string of the molecule is COc1ccc(NC(=O)C(C(=O)NN=Cc2cccc(OC)c2)C(C)C)cc1. The first kappa shape index (κ1) is 21.0. The molecule has 2 rings (SSSR count). The summed E-state index contributed by atoms with van der Waals surface area (Å²) in [5.74, 6) is -0.582. The molecule has 2 N–H and O–H groups in total. The zero-order chi connectivity index (χ0) is 20.5. The van der Waals surface area contributed by atoms with Gasteiger partial charge in [0.05, 0.1) is 20.4 Å². The Bertz CT molecular complexity index is 832. The summed E-state index contributed by atoms with van der Waals surface area (Å²) in [4.78, 5) is 25.1. The van der Waals surface area contributed by atoms with Gasteiger partial charge in [0, 0.05) is 5.69 Å². The van der Waals surface area contributed by atoms with Gasteiger partial charge in [-0.1, -0.05) is 26.0 Å². The van der Waals surface area contributed by atoms with E-state index in [1.165, 1.54) is 6.21 Å². The van der Waals surface area contributed by atoms with Gasteiger partial charge in [0.1, 0.15) is 17.4 Å². The number of carbonyl (C=O) groups is 2. The van der Waals surface area contributed by atoms with E-state index in [1.807, 2.05) is 32.0 Å². The number of benzene rings is 2. The molecular weight excluding hydrogens is 358 g/mol. The van der Waals surface area contributed by atoms with Gasteiger partial charge in [0.25, 0.3) is 5.91 Å². The first-order valence-corrected chi connectivity index (χ1v) is 8.86. The summed E-state index contributed by atoms with van der Waals surface area (Å²) in [6, 6.07) is 14.1. The number of carbonyl (C=O) groups excluding carboxylic acids is 2. The largest absolute Gasteiger partial charge is 0.497 e. The first-order valence-electron chi connectivity index (χ1n) is 8.86. The second kappa shape index (κ2) is 10.1. The van der Waals surface area contributed by atoms with Crippen LogP contribution in [0.5, 0.6) is 11.5 Å². The highest BCUT2D eigenvalue weighted by Gasteiger charge is 2.29. The summed E-state index contributed by atoms with van der Waals surface area (Å²) in [6.07, 6.45) is 1.50. The van der Waals surface area contributed by atoms with Gasteiger partial charge in [-0.15, -0.1) is 0 Å². The number of hydrazone groups is 1. The Hall–Kier alpha value is -3.35. The van der Waals surface area contributed by atoms with E-state index in [2.05, 4.69) is 15.8 Å². The molecule has 7 heteroatoms. The topological polar surface area (TPSA) is 89.0 Å². The van der Waals surface area contributed by atoms with Crippen molar-refractivity contribution in [2.75, 3.05) is 19.5 Å². The number of anilines is 1. The van der Waals surface area contributed by atoms with Crippen LogP contribution in [0.3, 0.4) is 0 Å². The maximum atomic E-state index is 12.6. The van der Waals surface area contributed by atoms with Crippen molar-refractivity contribution in [1.29, 1.82) is 0 Å². The van der Waals surface area contributed by atoms with Gasteiger partial charge >= 0.3 is 0 Å². The average molecular weight is 383 g/mol. The lowest BCUT2D eigenvalue weighted by atomic mass is 9.94. The first-order chi connectivity index (χ1) is 13.4. The van der Waals surface area contributed by atoms with E-state index in [1.54, 1.807) is 44.6 Å². The van der Waals surface area contributed by atoms with Gasteiger partial charge in [0.2, 0.25) is 5.91 Å². The number of methoxy groups -OCH3 is 2. The van der Waals surface area contributed by atoms with Crippen molar-refractivity contribution >= 4 is 23.7 Å². The lowest BCUT2D eigenvalue weighted by Crippen LogP contribution is -2.39. The molecule has 0 saturated carbocycles. The number of ether oxygens (including phenoxy) is 2. The van der Waals surface area contributed by atoms with E-state index in [0.29, 0.717) is 17.2 Å². The predicted molar refractivity (Wildman–Crippen MR) is 109 cm³/mol. The van der Waals surface area contributed by atoms with Crippen molar-refractivity contribution in [1.82, 2.24) is 5.43 Å². The molecule has 0 aliphatic rings. The second-order valence-electron chi connectivity index (χ2n) is 6.45. The minimum absolute atomic E-state index is 0.203. The molecule has 2 aromatic rings. The molecule has 0 fully saturated rings. The van der Waals surface area contributed by atoms with E-state index in [4.69, 9.17) is 9.47 Å². The molecule has 148 valence electrons. The van der Waals surface area contributed by atoms with Crippen LogP contribution >= 0.6 is 0 Å². The van der Waals surface area contributed by atoms with E-state index in [9.17, 15) is 9.59 Å². The van der Waals surface area contributed by atoms with Gasteiger partial charge in [-0.2, -0.15) is 5.10 Å². The highest BCUT2D eigenvalue weighted by Crippen LogP contribution is 2.18. The fourth-order valence-electron chi connectivity index (χ4n) is 2.58. The molecule has 1 atom stereocenters. The molecule has 0 radical (unpaired) electrons. The Morgan fingerprint density at radius 3 is 2.25 bits per heavy atom. The molecule has 7 nitrogen and oxygen atoms in total. The molecule has 2 aromatic carbocycles. The molecule has 0 aromatic heterocycles. The maximum Gasteiger partial charge on any atom is 0.252 e. The fourth-order valence-corrected chi connectivity index (χ4v) is 2.58. The minimum atomic E-state index is -0.885. The molecule has 0 bridgehead atoms. The van der Waals surface area contributed by atoms with Crippen LogP contribution in [0, 0.1) is 11.8 Å². The lowest BCUT2D eigenvalue weighted by Gasteiger charge is -2.18. The Kier molecular flexibility index (Phi) is 7.56. The smallest absolute Gasteiger partial charge is 0.252 e. The van der Waals surface area contributed by atoms with Crippen molar-refractivity contribution < 1.29 is 19.1 Å². The number of amides is 2. The number of nitrogens with zero attached hydrogens (tertiary/aromatic N) is 1. The third kappa shape index (κ3) is 5.84. The molecular formula is C21H25N3O4. The van der Waals surface area contributed by atoms with Crippen LogP contribution in [0.2, 0.25) is 0 Å². The number of rotatable bonds is 8. The Balaban J connectivity index is 2.01. The number of hydrogen-bond acceptors (Lipinski definition) is 5. The van der Waals surface area contributed by atoms with Crippen molar-refractivity contribution in [2.24, 2.45) is 16.9 Å². The number of hydrogen-bond donors (Lipinski definition) is 2. The highest BCUT2D eigenvalue weighted by molar-refractivity contribution is 6.06. The van der Waals surface area contributed by atoms with Crippen molar-refractivity contribution in [3.05, 3.63) is 54.1 Å². The van der Waals surface area contributed by atoms with Crippen molar-refractivity contribution in [3.8, 4) is 11.5 Å². The monoisotopic (exact) mass is 383 g/mol. The van der Waals surface area contributed by atoms with E-state index in [-0.39, 0.29) is 5.92 Å². The van der Waals surface area contributed by atoms with Crippen LogP contribution in [0.25, 0.3) is 0 Å². The Morgan fingerprint density at radius 1 is 0.964 bits per heavy atom. The normalized spacial score (nSPS) is 11.9. The van der Waals surface area contributed by atoms with E-state index >= 15 is 0 Å². The summed E-state index contributed by atoms with van der Waals surface area (Å²) in [7, 11) is 3.14. The summed E-state index contributed by atoms with van der Waals surface area (Å²) < 4.78 is 10.2. The maximum absolute atomic E-state index is 12.6. The third-order valence-corrected chi connectivity index (χ3v) is 4.07. The zero-order valence-electron chi connectivity index (χ0n) is 16.4. The lowest BCUT2D eigenvalue weighted by molar-refractivity contribution is -0.134. The second-order valence-corrected chi connectivity index (χ2v) is 6.45. The molecule has 1 unspecified atom stereocenters. The summed E-state index contributed by atoms with van der Waals surface area (Å²) in [5.41, 5.74) is 3.80. The molecule has 2 amide bonds. The van der Waals surface area contributed by atoms with Gasteiger partial charge in [0.15, 0.2) is 0 Å². The molecule has 28 heavy (non-hydrogen) atoms. The average Bonchev–Trinajstić information content (AvgIpc) is 2.68. The quantitative estimate of drug-likeness (QED) is 0.417. The molecule has 0 saturated heterocycles. The van der Waals surface area contributed by atoms with Crippen LogP contribution in [0.1, 0.15) is 19.4 Å². The van der Waals surface area contributed by atoms with Crippen LogP contribution < -0.4 is 20.2 Å². The highest BCUT2D eigenvalue weighted by atomic mass is 16.5. The fraction of sp³-hybridized carbons (Fsp3) is 0.286. The standard InChI is InChI=1S/C21H25N3O4/c1-14(2)19(20(25)23-16-8-10-17(27-3)11-9-16)21(26)24-22-13-15-6-5-7-18(12-15)28-4/h5-14,19H,1-4H3,(H,23,25)(H,24,26). The van der Waals surface area contributed by atoms with Gasteiger partial charge in [-0.25, -0.2) is 5.43 Å². The van der Waals surface area contributed by atoms with Crippen LogP contribution in [0.15, 0.2) is 53.6 Å². The summed E-state index contributed by atoms with van der Waals surface area (Å²) in [6.45, 7) is 3.62. The van der Waals surface area contributed by atoms with E-state index < -0.39 is 17.7 Å². The van der Waals surface area contributed by atoms with Gasteiger partial charge in [-0.3, -0.25) is 9.59 Å². The van der Waals surface area contributed by atoms with Crippen molar-refractivity contribution in [3.63, 3.8) is 0 Å².